The van der Waals surface area contributed by atoms with Gasteiger partial charge in [-0.25, -0.2) is 0 Å². The van der Waals surface area contributed by atoms with Crippen molar-refractivity contribution in [3.05, 3.63) is 58.6 Å². The van der Waals surface area contributed by atoms with E-state index in [-0.39, 0.29) is 24.0 Å². The number of hydrogen-bond acceptors (Lipinski definition) is 4. The average molecular weight is 415 g/mol. The first-order valence-corrected chi connectivity index (χ1v) is 8.51. The Morgan fingerprint density at radius 3 is 2.65 bits per heavy atom. The number of rotatable bonds is 4. The van der Waals surface area contributed by atoms with Crippen LogP contribution in [-0.2, 0) is 11.8 Å². The number of benzene rings is 2. The summed E-state index contributed by atoms with van der Waals surface area (Å²) in [5.41, 5.74) is 1.41. The van der Waals surface area contributed by atoms with Crippen LogP contribution < -0.4 is 5.32 Å². The van der Waals surface area contributed by atoms with Gasteiger partial charge in [-0.2, -0.15) is 0 Å². The highest BCUT2D eigenvalue weighted by Crippen LogP contribution is 2.39. The SMILES string of the molecule is Cn1c(O)c(N=NC(=O)CNC(=O)c2ccccc2)c2cc(Br)ccc21. The van der Waals surface area contributed by atoms with Crippen LogP contribution in [0.25, 0.3) is 10.9 Å². The van der Waals surface area contributed by atoms with Crippen LogP contribution in [0.2, 0.25) is 0 Å². The summed E-state index contributed by atoms with van der Waals surface area (Å²) in [5.74, 6) is -1.09. The molecule has 132 valence electrons. The van der Waals surface area contributed by atoms with E-state index in [1.54, 1.807) is 48.0 Å². The minimum absolute atomic E-state index is 0.0945. The van der Waals surface area contributed by atoms with Crippen LogP contribution in [0.15, 0.2) is 63.2 Å². The van der Waals surface area contributed by atoms with E-state index in [1.165, 1.54) is 0 Å². The lowest BCUT2D eigenvalue weighted by Gasteiger charge is -2.01. The standard InChI is InChI=1S/C18H15BrN4O3/c1-23-14-8-7-12(19)9-13(14)16(18(23)26)22-21-15(24)10-20-17(25)11-5-3-2-4-6-11/h2-9,26H,10H2,1H3,(H,20,25). The molecule has 2 N–H and O–H groups in total. The molecule has 3 aromatic rings. The molecule has 0 aliphatic rings. The van der Waals surface area contributed by atoms with Crippen molar-refractivity contribution < 1.29 is 14.7 Å². The van der Waals surface area contributed by atoms with Gasteiger partial charge in [-0.3, -0.25) is 9.59 Å². The second-order valence-electron chi connectivity index (χ2n) is 5.54. The van der Waals surface area contributed by atoms with Crippen molar-refractivity contribution in [2.24, 2.45) is 17.3 Å². The second kappa shape index (κ2) is 7.49. The molecule has 0 aliphatic carbocycles. The number of carbonyl (C=O) groups is 2. The van der Waals surface area contributed by atoms with E-state index in [9.17, 15) is 14.7 Å². The van der Waals surface area contributed by atoms with Crippen molar-refractivity contribution in [3.8, 4) is 5.88 Å². The average Bonchev–Trinajstić information content (AvgIpc) is 2.88. The first kappa shape index (κ1) is 17.8. The first-order valence-electron chi connectivity index (χ1n) is 7.72. The van der Waals surface area contributed by atoms with Gasteiger partial charge in [-0.15, -0.1) is 10.2 Å². The Hall–Kier alpha value is -3.00. The van der Waals surface area contributed by atoms with Crippen molar-refractivity contribution in [1.82, 2.24) is 9.88 Å². The monoisotopic (exact) mass is 414 g/mol. The number of nitrogens with zero attached hydrogens (tertiary/aromatic N) is 3. The van der Waals surface area contributed by atoms with Gasteiger partial charge in [-0.1, -0.05) is 34.1 Å². The maximum Gasteiger partial charge on any atom is 0.283 e. The Labute approximate surface area is 157 Å². The second-order valence-corrected chi connectivity index (χ2v) is 6.45. The van der Waals surface area contributed by atoms with Gasteiger partial charge in [0.1, 0.15) is 6.54 Å². The molecule has 0 bridgehead atoms. The van der Waals surface area contributed by atoms with E-state index < -0.39 is 5.91 Å². The number of hydrogen-bond donors (Lipinski definition) is 2. The van der Waals surface area contributed by atoms with E-state index in [0.29, 0.717) is 10.9 Å². The minimum Gasteiger partial charge on any atom is -0.493 e. The fraction of sp³-hybridized carbons (Fsp3) is 0.111. The van der Waals surface area contributed by atoms with Gasteiger partial charge in [0.15, 0.2) is 5.69 Å². The predicted molar refractivity (Wildman–Crippen MR) is 101 cm³/mol. The molecule has 0 saturated heterocycles. The first-order chi connectivity index (χ1) is 12.5. The Kier molecular flexibility index (Phi) is 5.13. The molecule has 7 nitrogen and oxygen atoms in total. The quantitative estimate of drug-likeness (QED) is 0.637. The summed E-state index contributed by atoms with van der Waals surface area (Å²) >= 11 is 3.37. The number of fused-ring (bicyclic) bond motifs is 1. The summed E-state index contributed by atoms with van der Waals surface area (Å²) in [6, 6.07) is 14.0. The fourth-order valence-corrected chi connectivity index (χ4v) is 2.83. The van der Waals surface area contributed by atoms with Crippen molar-refractivity contribution in [2.75, 3.05) is 6.54 Å². The Morgan fingerprint density at radius 2 is 1.92 bits per heavy atom. The zero-order valence-electron chi connectivity index (χ0n) is 13.8. The van der Waals surface area contributed by atoms with Crippen molar-refractivity contribution >= 4 is 44.3 Å². The number of aryl methyl sites for hydroxylation is 1. The lowest BCUT2D eigenvalue weighted by Crippen LogP contribution is -2.28. The third-order valence-electron chi connectivity index (χ3n) is 3.80. The van der Waals surface area contributed by atoms with Gasteiger partial charge in [0.05, 0.1) is 5.52 Å². The fourth-order valence-electron chi connectivity index (χ4n) is 2.47. The number of amides is 2. The van der Waals surface area contributed by atoms with Gasteiger partial charge >= 0.3 is 0 Å². The molecule has 8 heteroatoms. The number of carbonyl (C=O) groups excluding carboxylic acids is 2. The highest BCUT2D eigenvalue weighted by atomic mass is 79.9. The van der Waals surface area contributed by atoms with Gasteiger partial charge < -0.3 is 15.0 Å². The molecule has 2 aromatic carbocycles. The molecule has 1 aromatic heterocycles. The van der Waals surface area contributed by atoms with E-state index in [0.717, 1.165) is 9.99 Å². The maximum atomic E-state index is 11.9. The highest BCUT2D eigenvalue weighted by Gasteiger charge is 2.15. The molecule has 3 rings (SSSR count). The minimum atomic E-state index is -0.624. The number of aromatic hydroxyl groups is 1. The zero-order valence-corrected chi connectivity index (χ0v) is 15.4. The summed E-state index contributed by atoms with van der Waals surface area (Å²) in [4.78, 5) is 23.8. The van der Waals surface area contributed by atoms with Crippen molar-refractivity contribution in [1.29, 1.82) is 0 Å². The molecular weight excluding hydrogens is 400 g/mol. The van der Waals surface area contributed by atoms with Gasteiger partial charge in [0.25, 0.3) is 11.8 Å². The Morgan fingerprint density at radius 1 is 1.19 bits per heavy atom. The van der Waals surface area contributed by atoms with Gasteiger partial charge in [-0.05, 0) is 30.3 Å². The zero-order chi connectivity index (χ0) is 18.7. The van der Waals surface area contributed by atoms with Crippen LogP contribution in [0.5, 0.6) is 5.88 Å². The maximum absolute atomic E-state index is 11.9. The van der Waals surface area contributed by atoms with E-state index in [1.807, 2.05) is 12.1 Å². The lowest BCUT2D eigenvalue weighted by molar-refractivity contribution is -0.117. The molecule has 26 heavy (non-hydrogen) atoms. The topological polar surface area (TPSA) is 96.0 Å². The molecular formula is C18H15BrN4O3. The van der Waals surface area contributed by atoms with Crippen LogP contribution in [-0.4, -0.2) is 28.0 Å². The number of halogens is 1. The van der Waals surface area contributed by atoms with Crippen LogP contribution in [0.4, 0.5) is 5.69 Å². The number of nitrogens with one attached hydrogen (secondary N) is 1. The Bertz CT molecular complexity index is 1010. The third kappa shape index (κ3) is 3.65. The van der Waals surface area contributed by atoms with Crippen LogP contribution >= 0.6 is 15.9 Å². The third-order valence-corrected chi connectivity index (χ3v) is 4.30. The molecule has 0 atom stereocenters. The smallest absolute Gasteiger partial charge is 0.283 e. The molecule has 0 radical (unpaired) electrons. The molecule has 0 spiro atoms. The summed E-state index contributed by atoms with van der Waals surface area (Å²) in [6.45, 7) is -0.285. The van der Waals surface area contributed by atoms with Gasteiger partial charge in [0, 0.05) is 22.5 Å². The Balaban J connectivity index is 1.73. The van der Waals surface area contributed by atoms with E-state index in [2.05, 4.69) is 31.5 Å². The molecule has 0 unspecified atom stereocenters. The van der Waals surface area contributed by atoms with Crippen LogP contribution in [0, 0.1) is 0 Å². The van der Waals surface area contributed by atoms with Crippen molar-refractivity contribution in [3.63, 3.8) is 0 Å². The van der Waals surface area contributed by atoms with Crippen LogP contribution in [0.1, 0.15) is 10.4 Å². The largest absolute Gasteiger partial charge is 0.493 e. The van der Waals surface area contributed by atoms with Crippen molar-refractivity contribution in [2.45, 2.75) is 0 Å². The summed E-state index contributed by atoms with van der Waals surface area (Å²) in [6.07, 6.45) is 0. The lowest BCUT2D eigenvalue weighted by atomic mass is 10.2. The number of aromatic nitrogens is 1. The molecule has 0 aliphatic heterocycles. The summed E-state index contributed by atoms with van der Waals surface area (Å²) in [7, 11) is 1.69. The van der Waals surface area contributed by atoms with Crippen LogP contribution in [0.3, 0.4) is 0 Å². The van der Waals surface area contributed by atoms with E-state index in [4.69, 9.17) is 0 Å². The normalized spacial score (nSPS) is 11.2. The summed E-state index contributed by atoms with van der Waals surface area (Å²) < 4.78 is 2.37. The molecule has 0 fully saturated rings. The number of azo groups is 1. The highest BCUT2D eigenvalue weighted by molar-refractivity contribution is 9.10. The molecule has 1 heterocycles. The van der Waals surface area contributed by atoms with E-state index >= 15 is 0 Å². The van der Waals surface area contributed by atoms with Gasteiger partial charge in [0.2, 0.25) is 5.88 Å². The molecule has 0 saturated carbocycles. The predicted octanol–water partition coefficient (Wildman–Crippen LogP) is 3.69. The summed E-state index contributed by atoms with van der Waals surface area (Å²) in [5, 5.41) is 20.8. The molecule has 2 amide bonds.